The maximum Gasteiger partial charge on any atom is 3.00 e. The van der Waals surface area contributed by atoms with Crippen LogP contribution in [0.3, 0.4) is 0 Å². The number of carbonyl (C=O) groups is 3. The minimum Gasteiger partial charge on any atom is -0.544 e. The van der Waals surface area contributed by atoms with Gasteiger partial charge in [0.1, 0.15) is 18.3 Å². The van der Waals surface area contributed by atoms with E-state index in [1.807, 2.05) is 273 Å². The molecule has 12 atom stereocenters. The Hall–Kier alpha value is -7.75. The van der Waals surface area contributed by atoms with Crippen molar-refractivity contribution in [3.8, 4) is 0 Å². The van der Waals surface area contributed by atoms with Crippen molar-refractivity contribution in [1.29, 1.82) is 0 Å². The molecule has 0 spiro atoms. The van der Waals surface area contributed by atoms with E-state index in [9.17, 15) is 14.4 Å². The maximum absolute atomic E-state index is 11.9. The van der Waals surface area contributed by atoms with Gasteiger partial charge in [-0.1, -0.05) is 273 Å². The van der Waals surface area contributed by atoms with Crippen molar-refractivity contribution in [2.24, 2.45) is 0 Å². The van der Waals surface area contributed by atoms with E-state index in [0.717, 1.165) is 50.1 Å². The Labute approximate surface area is 656 Å². The number of hydrogen-bond donors (Lipinski definition) is 3. The zero-order chi connectivity index (χ0) is 72.9. The minimum absolute atomic E-state index is 0. The van der Waals surface area contributed by atoms with Crippen molar-refractivity contribution in [2.45, 2.75) is 153 Å². The van der Waals surface area contributed by atoms with E-state index in [1.165, 1.54) is 20.8 Å². The van der Waals surface area contributed by atoms with Gasteiger partial charge in [0, 0.05) is 20.8 Å². The Bertz CT molecular complexity index is 3450. The van der Waals surface area contributed by atoms with E-state index in [0.29, 0.717) is 79.3 Å². The molecule has 9 aromatic carbocycles. The normalized spacial score (nSPS) is 21.8. The third-order valence-electron chi connectivity index (χ3n) is 17.3. The number of benzene rings is 9. The monoisotopic (exact) mass is 1570 g/mol. The van der Waals surface area contributed by atoms with E-state index in [-0.39, 0.29) is 58.1 Å². The van der Waals surface area contributed by atoms with Crippen molar-refractivity contribution < 1.29 is 112 Å². The molecular weight excluding hydrogens is 1480 g/mol. The summed E-state index contributed by atoms with van der Waals surface area (Å²) in [5, 5.41) is 8.80. The fraction of sp³-hybridized carbons (Fsp3) is 0.310. The van der Waals surface area contributed by atoms with Crippen LogP contribution in [0.1, 0.15) is 70.8 Å². The van der Waals surface area contributed by atoms with E-state index in [1.54, 1.807) is 19.8 Å². The molecule has 1 radical (unpaired) electrons. The Morgan fingerprint density at radius 2 is 0.425 bits per heavy atom. The van der Waals surface area contributed by atoms with Crippen LogP contribution in [0.2, 0.25) is 0 Å². The van der Waals surface area contributed by atoms with Crippen LogP contribution in [0, 0.1) is 60.2 Å². The summed E-state index contributed by atoms with van der Waals surface area (Å²) >= 11 is 0. The first-order valence-electron chi connectivity index (χ1n) is 35.6. The van der Waals surface area contributed by atoms with E-state index in [2.05, 4.69) is 16.0 Å². The van der Waals surface area contributed by atoms with Gasteiger partial charge in [-0.25, -0.2) is 0 Å². The predicted molar refractivity (Wildman–Crippen MR) is 399 cm³/mol. The Balaban J connectivity index is 0.000000183. The van der Waals surface area contributed by atoms with Gasteiger partial charge < -0.3 is 72.8 Å². The molecular formula is C87H96N3O15Sm. The van der Waals surface area contributed by atoms with Crippen LogP contribution in [-0.4, -0.2) is 111 Å². The second-order valence-electron chi connectivity index (χ2n) is 25.7. The molecule has 3 aliphatic rings. The van der Waals surface area contributed by atoms with Crippen LogP contribution < -0.4 is 16.0 Å². The number of rotatable bonds is 33. The molecule has 12 rings (SSSR count). The van der Waals surface area contributed by atoms with Gasteiger partial charge in [0.2, 0.25) is 17.7 Å². The number of hydrogen-bond acceptors (Lipinski definition) is 15. The molecule has 9 aromatic rings. The van der Waals surface area contributed by atoms with Gasteiger partial charge in [0.05, 0.1) is 116 Å². The minimum atomic E-state index is -0.462. The SMILES string of the molecule is CC(=O)N[C@H]1[CH-]O[C@H](COCc2ccccc2)[C@@H](OCc2ccccc2)[C@@H]1OCc1ccccc1.CC(=O)N[C@H]1[CH-]O[C@H](COCc2ccccc2)[C@@H](OCc2ccccc2)[C@@H]1OCc1ccccc1.CC(=O)N[C@H]1[CH-]O[C@H](COCc2ccccc2)[C@@H](OCc2ccccc2)[C@@H]1OCc1ccccc1.[Sm+3]. The summed E-state index contributed by atoms with van der Waals surface area (Å²) < 4.78 is 74.4. The molecule has 0 aromatic heterocycles. The molecule has 3 saturated heterocycles. The van der Waals surface area contributed by atoms with Gasteiger partial charge in [-0.2, -0.15) is 19.8 Å². The summed E-state index contributed by atoms with van der Waals surface area (Å²) in [6.07, 6.45) is -3.94. The Morgan fingerprint density at radius 1 is 0.264 bits per heavy atom. The summed E-state index contributed by atoms with van der Waals surface area (Å²) in [5.41, 5.74) is 9.51. The fourth-order valence-electron chi connectivity index (χ4n) is 12.1. The van der Waals surface area contributed by atoms with Crippen LogP contribution >= 0.6 is 0 Å². The van der Waals surface area contributed by atoms with Gasteiger partial charge in [0.15, 0.2) is 0 Å². The Morgan fingerprint density at radius 3 is 0.594 bits per heavy atom. The third kappa shape index (κ3) is 28.4. The second kappa shape index (κ2) is 46.5. The molecule has 3 fully saturated rings. The van der Waals surface area contributed by atoms with E-state index in [4.69, 9.17) is 56.8 Å². The van der Waals surface area contributed by atoms with Crippen LogP contribution in [0.5, 0.6) is 0 Å². The summed E-state index contributed by atoms with van der Waals surface area (Å²) in [4.78, 5) is 35.8. The average molecular weight is 1570 g/mol. The summed E-state index contributed by atoms with van der Waals surface area (Å²) in [5.74, 6) is -0.490. The Kier molecular flexibility index (Phi) is 36.1. The number of amides is 3. The predicted octanol–water partition coefficient (Wildman–Crippen LogP) is 13.3. The summed E-state index contributed by atoms with van der Waals surface area (Å²) in [7, 11) is 0. The van der Waals surface area contributed by atoms with Crippen molar-refractivity contribution in [3.05, 3.63) is 343 Å². The molecule has 3 aliphatic heterocycles. The largest absolute Gasteiger partial charge is 3.00 e. The second-order valence-corrected chi connectivity index (χ2v) is 25.7. The average Bonchev–Trinajstić information content (AvgIpc) is 0.821. The quantitative estimate of drug-likeness (QED) is 0.0328. The van der Waals surface area contributed by atoms with Crippen molar-refractivity contribution >= 4 is 17.7 Å². The molecule has 106 heavy (non-hydrogen) atoms. The zero-order valence-corrected chi connectivity index (χ0v) is 62.8. The fourth-order valence-corrected chi connectivity index (χ4v) is 12.1. The van der Waals surface area contributed by atoms with Gasteiger partial charge in [-0.15, -0.1) is 0 Å². The van der Waals surface area contributed by atoms with Crippen molar-refractivity contribution in [1.82, 2.24) is 16.0 Å². The first-order valence-corrected chi connectivity index (χ1v) is 35.6. The molecule has 0 saturated carbocycles. The molecule has 3 amide bonds. The van der Waals surface area contributed by atoms with Gasteiger partial charge in [0.25, 0.3) is 0 Å². The third-order valence-corrected chi connectivity index (χ3v) is 17.3. The van der Waals surface area contributed by atoms with Crippen LogP contribution in [0.4, 0.5) is 0 Å². The molecule has 19 heteroatoms. The molecule has 0 unspecified atom stereocenters. The van der Waals surface area contributed by atoms with Crippen LogP contribution in [0.15, 0.2) is 273 Å². The topological polar surface area (TPSA) is 198 Å². The molecule has 0 bridgehead atoms. The molecule has 3 N–H and O–H groups in total. The standard InChI is InChI=1S/3C29H32NO5.Sm/c3*1-22(31)30-26-20-33-27(21-32-17-23-11-5-2-6-12-23)29(35-19-25-15-9-4-10-16-25)28(26)34-18-24-13-7-3-8-14-24;/h3*2-16,20,26-29H,17-19,21H2,1H3,(H,30,31);/q3*-1;+3/t3*26-,27+,28+,29+;/m000./s1. The number of carbonyl (C=O) groups excluding carboxylic acids is 3. The maximum atomic E-state index is 11.9. The summed E-state index contributed by atoms with van der Waals surface area (Å²) in [6.45, 7) is 14.1. The van der Waals surface area contributed by atoms with Gasteiger partial charge >= 0.3 is 40.4 Å². The summed E-state index contributed by atoms with van der Waals surface area (Å²) in [6, 6.07) is 88.4. The van der Waals surface area contributed by atoms with E-state index >= 15 is 0 Å². The first kappa shape index (κ1) is 82.3. The van der Waals surface area contributed by atoms with Crippen molar-refractivity contribution in [3.63, 3.8) is 0 Å². The molecule has 0 aliphatic carbocycles. The van der Waals surface area contributed by atoms with Crippen molar-refractivity contribution in [2.75, 3.05) is 19.8 Å². The van der Waals surface area contributed by atoms with Gasteiger partial charge in [-0.3, -0.25) is 14.4 Å². The van der Waals surface area contributed by atoms with E-state index < -0.39 is 73.1 Å². The molecule has 555 valence electrons. The smallest absolute Gasteiger partial charge is 0.544 e. The molecule has 3 heterocycles. The first-order chi connectivity index (χ1) is 51.6. The number of ether oxygens (including phenoxy) is 12. The molecule has 18 nitrogen and oxygen atoms in total. The van der Waals surface area contributed by atoms with Crippen LogP contribution in [-0.2, 0) is 131 Å². The zero-order valence-electron chi connectivity index (χ0n) is 60.2. The van der Waals surface area contributed by atoms with Gasteiger partial charge in [-0.05, 0) is 68.2 Å². The number of nitrogens with one attached hydrogen (secondary N) is 3. The van der Waals surface area contributed by atoms with Crippen LogP contribution in [0.25, 0.3) is 0 Å².